The van der Waals surface area contributed by atoms with Gasteiger partial charge in [-0.25, -0.2) is 8.42 Å². The van der Waals surface area contributed by atoms with Gasteiger partial charge in [-0.1, -0.05) is 6.92 Å². The summed E-state index contributed by atoms with van der Waals surface area (Å²) < 4.78 is 23.7. The highest BCUT2D eigenvalue weighted by molar-refractivity contribution is 8.00. The number of hydrogen-bond acceptors (Lipinski definition) is 5. The van der Waals surface area contributed by atoms with Crippen molar-refractivity contribution in [2.75, 3.05) is 36.9 Å². The second-order valence-corrected chi connectivity index (χ2v) is 8.98. The number of nitrogens with zero attached hydrogens (tertiary/aromatic N) is 1. The van der Waals surface area contributed by atoms with E-state index in [4.69, 9.17) is 5.73 Å². The van der Waals surface area contributed by atoms with Crippen LogP contribution < -0.4 is 5.73 Å². The Bertz CT molecular complexity index is 372. The molecule has 0 bridgehead atoms. The molecule has 17 heavy (non-hydrogen) atoms. The number of nitrogens with two attached hydrogens (primary N) is 1. The summed E-state index contributed by atoms with van der Waals surface area (Å²) in [4.78, 5) is 2.34. The Hall–Kier alpha value is 0.220. The van der Waals surface area contributed by atoms with Crippen molar-refractivity contribution in [1.82, 2.24) is 4.90 Å². The maximum Gasteiger partial charge on any atom is 0.152 e. The fraction of sp³-hybridized carbons (Fsp3) is 1.00. The fourth-order valence-electron chi connectivity index (χ4n) is 2.96. The van der Waals surface area contributed by atoms with E-state index in [-0.39, 0.29) is 11.3 Å². The average molecular weight is 278 g/mol. The van der Waals surface area contributed by atoms with Gasteiger partial charge in [-0.05, 0) is 12.8 Å². The summed E-state index contributed by atoms with van der Waals surface area (Å²) in [6.45, 7) is 4.61. The topological polar surface area (TPSA) is 63.4 Å². The molecule has 0 radical (unpaired) electrons. The molecule has 0 spiro atoms. The van der Waals surface area contributed by atoms with Crippen LogP contribution >= 0.6 is 11.8 Å². The number of thioether (sulfide) groups is 1. The van der Waals surface area contributed by atoms with Gasteiger partial charge in [0.05, 0.1) is 11.5 Å². The Kier molecular flexibility index (Phi) is 4.07. The average Bonchev–Trinajstić information content (AvgIpc) is 2.27. The first-order valence-electron chi connectivity index (χ1n) is 6.25. The van der Waals surface area contributed by atoms with Crippen molar-refractivity contribution in [3.63, 3.8) is 0 Å². The molecule has 6 heteroatoms. The molecule has 2 atom stereocenters. The first-order chi connectivity index (χ1) is 7.97. The minimum atomic E-state index is -2.90. The van der Waals surface area contributed by atoms with E-state index in [1.807, 2.05) is 11.8 Å². The quantitative estimate of drug-likeness (QED) is 0.788. The first kappa shape index (κ1) is 13.6. The van der Waals surface area contributed by atoms with Crippen molar-refractivity contribution < 1.29 is 8.42 Å². The van der Waals surface area contributed by atoms with Crippen molar-refractivity contribution in [1.29, 1.82) is 0 Å². The van der Waals surface area contributed by atoms with Gasteiger partial charge in [0.25, 0.3) is 0 Å². The molecule has 0 aliphatic carbocycles. The molecular formula is C11H22N2O2S2. The van der Waals surface area contributed by atoms with Gasteiger partial charge in [-0.3, -0.25) is 4.90 Å². The Morgan fingerprint density at radius 1 is 1.53 bits per heavy atom. The van der Waals surface area contributed by atoms with Crippen LogP contribution in [-0.2, 0) is 9.84 Å². The molecular weight excluding hydrogens is 256 g/mol. The van der Waals surface area contributed by atoms with Crippen LogP contribution in [-0.4, -0.2) is 61.0 Å². The van der Waals surface area contributed by atoms with Gasteiger partial charge in [-0.2, -0.15) is 11.8 Å². The van der Waals surface area contributed by atoms with Crippen LogP contribution in [0.25, 0.3) is 0 Å². The Morgan fingerprint density at radius 3 is 2.88 bits per heavy atom. The highest BCUT2D eigenvalue weighted by Crippen LogP contribution is 2.32. The SMILES string of the molecule is CC1CN(C2(CN)CCCS(=O)(=O)C2)CCS1. The summed E-state index contributed by atoms with van der Waals surface area (Å²) in [6, 6.07) is 0. The van der Waals surface area contributed by atoms with E-state index in [0.29, 0.717) is 17.5 Å². The molecule has 0 aromatic carbocycles. The molecule has 2 heterocycles. The predicted octanol–water partition coefficient (Wildman–Crippen LogP) is 0.330. The molecule has 2 aliphatic rings. The summed E-state index contributed by atoms with van der Waals surface area (Å²) in [5.41, 5.74) is 5.64. The van der Waals surface area contributed by atoms with Crippen LogP contribution in [0, 0.1) is 0 Å². The predicted molar refractivity (Wildman–Crippen MR) is 73.2 cm³/mol. The van der Waals surface area contributed by atoms with E-state index in [9.17, 15) is 8.42 Å². The van der Waals surface area contributed by atoms with E-state index in [1.165, 1.54) is 0 Å². The standard InChI is InChI=1S/C11H22N2O2S2/c1-10-7-13(4-5-16-10)11(8-12)3-2-6-17(14,15)9-11/h10H,2-9,12H2,1H3. The van der Waals surface area contributed by atoms with Crippen molar-refractivity contribution in [3.8, 4) is 0 Å². The van der Waals surface area contributed by atoms with Crippen LogP contribution in [0.4, 0.5) is 0 Å². The van der Waals surface area contributed by atoms with E-state index in [1.54, 1.807) is 0 Å². The van der Waals surface area contributed by atoms with Gasteiger partial charge in [-0.15, -0.1) is 0 Å². The summed E-state index contributed by atoms with van der Waals surface area (Å²) in [5.74, 6) is 1.68. The largest absolute Gasteiger partial charge is 0.329 e. The zero-order chi connectivity index (χ0) is 12.5. The Balaban J connectivity index is 2.18. The van der Waals surface area contributed by atoms with Crippen LogP contribution in [0.1, 0.15) is 19.8 Å². The smallest absolute Gasteiger partial charge is 0.152 e. The highest BCUT2D eigenvalue weighted by atomic mass is 32.2. The number of sulfone groups is 1. The molecule has 2 N–H and O–H groups in total. The Morgan fingerprint density at radius 2 is 2.29 bits per heavy atom. The Labute approximate surface area is 108 Å². The lowest BCUT2D eigenvalue weighted by Gasteiger charge is -2.48. The van der Waals surface area contributed by atoms with Crippen LogP contribution in [0.2, 0.25) is 0 Å². The lowest BCUT2D eigenvalue weighted by atomic mass is 9.92. The van der Waals surface area contributed by atoms with Gasteiger partial charge in [0.2, 0.25) is 0 Å². The van der Waals surface area contributed by atoms with E-state index >= 15 is 0 Å². The minimum absolute atomic E-state index is 0.258. The zero-order valence-electron chi connectivity index (χ0n) is 10.4. The van der Waals surface area contributed by atoms with Crippen molar-refractivity contribution in [3.05, 3.63) is 0 Å². The van der Waals surface area contributed by atoms with Crippen molar-refractivity contribution in [2.24, 2.45) is 5.73 Å². The minimum Gasteiger partial charge on any atom is -0.329 e. The maximum absolute atomic E-state index is 11.9. The monoisotopic (exact) mass is 278 g/mol. The fourth-order valence-corrected chi connectivity index (χ4v) is 5.97. The maximum atomic E-state index is 11.9. The normalized spacial score (nSPS) is 39.1. The molecule has 100 valence electrons. The molecule has 2 aliphatic heterocycles. The van der Waals surface area contributed by atoms with Crippen molar-refractivity contribution in [2.45, 2.75) is 30.6 Å². The molecule has 2 unspecified atom stereocenters. The van der Waals surface area contributed by atoms with Crippen molar-refractivity contribution >= 4 is 21.6 Å². The third-order valence-corrected chi connectivity index (χ3v) is 6.90. The summed E-state index contributed by atoms with van der Waals surface area (Å²) in [5, 5.41) is 0.580. The first-order valence-corrected chi connectivity index (χ1v) is 9.12. The van der Waals surface area contributed by atoms with Crippen LogP contribution in [0.15, 0.2) is 0 Å². The van der Waals surface area contributed by atoms with Crippen LogP contribution in [0.3, 0.4) is 0 Å². The van der Waals surface area contributed by atoms with Gasteiger partial charge in [0.1, 0.15) is 0 Å². The molecule has 4 nitrogen and oxygen atoms in total. The third kappa shape index (κ3) is 2.97. The third-order valence-electron chi connectivity index (χ3n) is 3.88. The molecule has 2 rings (SSSR count). The zero-order valence-corrected chi connectivity index (χ0v) is 12.0. The lowest BCUT2D eigenvalue weighted by Crippen LogP contribution is -2.62. The molecule has 2 fully saturated rings. The van der Waals surface area contributed by atoms with Gasteiger partial charge in [0.15, 0.2) is 9.84 Å². The summed E-state index contributed by atoms with van der Waals surface area (Å²) in [7, 11) is -2.90. The van der Waals surface area contributed by atoms with Gasteiger partial charge >= 0.3 is 0 Å². The van der Waals surface area contributed by atoms with E-state index in [0.717, 1.165) is 31.7 Å². The molecule has 0 saturated carbocycles. The highest BCUT2D eigenvalue weighted by Gasteiger charge is 2.43. The second-order valence-electron chi connectivity index (χ2n) is 5.25. The molecule has 0 amide bonds. The van der Waals surface area contributed by atoms with Gasteiger partial charge < -0.3 is 5.73 Å². The van der Waals surface area contributed by atoms with E-state index in [2.05, 4.69) is 11.8 Å². The van der Waals surface area contributed by atoms with Gasteiger partial charge in [0, 0.05) is 36.2 Å². The second kappa shape index (κ2) is 5.07. The lowest BCUT2D eigenvalue weighted by molar-refractivity contribution is 0.105. The number of rotatable bonds is 2. The van der Waals surface area contributed by atoms with Crippen LogP contribution in [0.5, 0.6) is 0 Å². The molecule has 2 saturated heterocycles. The summed E-state index contributed by atoms with van der Waals surface area (Å²) >= 11 is 1.96. The molecule has 0 aromatic rings. The molecule has 0 aromatic heterocycles. The van der Waals surface area contributed by atoms with E-state index < -0.39 is 9.84 Å². The number of hydrogen-bond donors (Lipinski definition) is 1. The summed E-state index contributed by atoms with van der Waals surface area (Å²) in [6.07, 6.45) is 1.69.